The Morgan fingerprint density at radius 2 is 1.78 bits per heavy atom. The molecule has 0 atom stereocenters. The highest BCUT2D eigenvalue weighted by Crippen LogP contribution is 2.27. The summed E-state index contributed by atoms with van der Waals surface area (Å²) < 4.78 is 0. The van der Waals surface area contributed by atoms with Crippen LogP contribution in [0.1, 0.15) is 49.4 Å². The molecular weight excluding hydrogens is 328 g/mol. The maximum atomic E-state index is 4.73. The highest BCUT2D eigenvalue weighted by atomic mass is 15.1. The maximum Gasteiger partial charge on any atom is 0.0650 e. The summed E-state index contributed by atoms with van der Waals surface area (Å²) in [7, 11) is 0. The van der Waals surface area contributed by atoms with Gasteiger partial charge in [-0.2, -0.15) is 0 Å². The van der Waals surface area contributed by atoms with E-state index in [0.29, 0.717) is 0 Å². The Kier molecular flexibility index (Phi) is 5.53. The lowest BCUT2D eigenvalue weighted by Gasteiger charge is -2.30. The Hall–Kier alpha value is -2.61. The van der Waals surface area contributed by atoms with Crippen molar-refractivity contribution in [1.29, 1.82) is 0 Å². The van der Waals surface area contributed by atoms with Crippen molar-refractivity contribution in [3.05, 3.63) is 71.5 Å². The van der Waals surface area contributed by atoms with Crippen LogP contribution in [0.25, 0.3) is 22.9 Å². The molecule has 1 aliphatic heterocycles. The lowest BCUT2D eigenvalue weighted by atomic mass is 10.0. The number of pyridine rings is 1. The normalized spacial score (nSPS) is 14.9. The van der Waals surface area contributed by atoms with E-state index in [4.69, 9.17) is 4.98 Å². The number of aromatic nitrogens is 1. The van der Waals surface area contributed by atoms with Gasteiger partial charge < -0.3 is 4.90 Å². The van der Waals surface area contributed by atoms with Crippen molar-refractivity contribution < 1.29 is 0 Å². The van der Waals surface area contributed by atoms with Crippen LogP contribution in [0.4, 0.5) is 5.69 Å². The fourth-order valence-electron chi connectivity index (χ4n) is 4.04. The van der Waals surface area contributed by atoms with Gasteiger partial charge >= 0.3 is 0 Å². The maximum absolute atomic E-state index is 4.73. The second kappa shape index (κ2) is 8.39. The zero-order chi connectivity index (χ0) is 18.5. The monoisotopic (exact) mass is 356 g/mol. The van der Waals surface area contributed by atoms with Crippen molar-refractivity contribution in [2.24, 2.45) is 0 Å². The summed E-state index contributed by atoms with van der Waals surface area (Å²) in [6.07, 6.45) is 12.7. The molecule has 0 aliphatic carbocycles. The third-order valence-corrected chi connectivity index (χ3v) is 5.46. The van der Waals surface area contributed by atoms with Crippen molar-refractivity contribution in [2.75, 3.05) is 18.0 Å². The number of aryl methyl sites for hydroxylation is 1. The first-order valence-electron chi connectivity index (χ1n) is 10.2. The number of hydrogen-bond donors (Lipinski definition) is 0. The molecule has 0 bridgehead atoms. The van der Waals surface area contributed by atoms with E-state index < -0.39 is 0 Å². The number of benzene rings is 2. The van der Waals surface area contributed by atoms with Crippen LogP contribution in [0, 0.1) is 0 Å². The van der Waals surface area contributed by atoms with Gasteiger partial charge in [0.15, 0.2) is 0 Å². The third-order valence-electron chi connectivity index (χ3n) is 5.46. The first kappa shape index (κ1) is 17.8. The summed E-state index contributed by atoms with van der Waals surface area (Å²) in [5.41, 5.74) is 5.07. The third kappa shape index (κ3) is 4.05. The van der Waals surface area contributed by atoms with Gasteiger partial charge in [0.25, 0.3) is 0 Å². The Bertz CT molecular complexity index is 931. The van der Waals surface area contributed by atoms with E-state index in [1.54, 1.807) is 0 Å². The molecule has 0 spiro atoms. The topological polar surface area (TPSA) is 16.1 Å². The zero-order valence-corrected chi connectivity index (χ0v) is 16.2. The minimum Gasteiger partial charge on any atom is -0.371 e. The number of piperidine rings is 1. The van der Waals surface area contributed by atoms with Crippen LogP contribution in [0.2, 0.25) is 0 Å². The Labute approximate surface area is 162 Å². The van der Waals surface area contributed by atoms with Crippen molar-refractivity contribution in [1.82, 2.24) is 4.98 Å². The number of rotatable bonds is 5. The van der Waals surface area contributed by atoms with Crippen molar-refractivity contribution in [3.8, 4) is 0 Å². The van der Waals surface area contributed by atoms with Gasteiger partial charge in [-0.1, -0.05) is 61.9 Å². The van der Waals surface area contributed by atoms with E-state index in [1.165, 1.54) is 59.9 Å². The average Bonchev–Trinajstić information content (AvgIpc) is 2.74. The van der Waals surface area contributed by atoms with Gasteiger partial charge in [0, 0.05) is 25.0 Å². The standard InChI is InChI=1S/C25H28N2/c1-2-9-22-19-26-23(18-25(22)27-16-6-3-7-17-27)15-14-21-12-8-11-20-10-4-5-13-24(20)21/h4-5,8,10-15,18-19H,2-3,6-7,9,16-17H2,1H3/b15-14+. The second-order valence-corrected chi connectivity index (χ2v) is 7.44. The lowest BCUT2D eigenvalue weighted by molar-refractivity contribution is 0.576. The zero-order valence-electron chi connectivity index (χ0n) is 16.2. The van der Waals surface area contributed by atoms with Crippen LogP contribution in [0.15, 0.2) is 54.7 Å². The predicted octanol–water partition coefficient (Wildman–Crippen LogP) is 6.35. The van der Waals surface area contributed by atoms with E-state index in [2.05, 4.69) is 78.7 Å². The van der Waals surface area contributed by atoms with Crippen LogP contribution in [0.5, 0.6) is 0 Å². The van der Waals surface area contributed by atoms with Crippen LogP contribution in [-0.4, -0.2) is 18.1 Å². The van der Waals surface area contributed by atoms with Gasteiger partial charge in [-0.05, 0) is 59.7 Å². The largest absolute Gasteiger partial charge is 0.371 e. The fourth-order valence-corrected chi connectivity index (χ4v) is 4.04. The summed E-state index contributed by atoms with van der Waals surface area (Å²) in [4.78, 5) is 7.30. The quantitative estimate of drug-likeness (QED) is 0.529. The molecule has 1 aliphatic rings. The van der Waals surface area contributed by atoms with E-state index in [0.717, 1.165) is 18.5 Å². The molecule has 0 saturated carbocycles. The molecule has 4 rings (SSSR count). The number of anilines is 1. The number of nitrogens with zero attached hydrogens (tertiary/aromatic N) is 2. The molecule has 2 nitrogen and oxygen atoms in total. The molecule has 27 heavy (non-hydrogen) atoms. The highest BCUT2D eigenvalue weighted by Gasteiger charge is 2.15. The summed E-state index contributed by atoms with van der Waals surface area (Å²) in [5.74, 6) is 0. The van der Waals surface area contributed by atoms with Gasteiger partial charge in [-0.25, -0.2) is 0 Å². The van der Waals surface area contributed by atoms with Gasteiger partial charge in [-0.3, -0.25) is 4.98 Å². The van der Waals surface area contributed by atoms with Crippen molar-refractivity contribution >= 4 is 28.6 Å². The Morgan fingerprint density at radius 1 is 0.963 bits per heavy atom. The molecular formula is C25H28N2. The van der Waals surface area contributed by atoms with Crippen LogP contribution in [-0.2, 0) is 6.42 Å². The van der Waals surface area contributed by atoms with Crippen LogP contribution >= 0.6 is 0 Å². The number of fused-ring (bicyclic) bond motifs is 1. The first-order valence-corrected chi connectivity index (χ1v) is 10.2. The Morgan fingerprint density at radius 3 is 2.63 bits per heavy atom. The minimum atomic E-state index is 1.04. The molecule has 2 heteroatoms. The summed E-state index contributed by atoms with van der Waals surface area (Å²) in [6.45, 7) is 4.59. The van der Waals surface area contributed by atoms with E-state index >= 15 is 0 Å². The second-order valence-electron chi connectivity index (χ2n) is 7.44. The highest BCUT2D eigenvalue weighted by molar-refractivity contribution is 5.92. The molecule has 1 fully saturated rings. The molecule has 0 radical (unpaired) electrons. The first-order chi connectivity index (χ1) is 13.3. The van der Waals surface area contributed by atoms with Crippen LogP contribution < -0.4 is 4.90 Å². The van der Waals surface area contributed by atoms with Gasteiger partial charge in [0.05, 0.1) is 5.69 Å². The van der Waals surface area contributed by atoms with E-state index in [9.17, 15) is 0 Å². The van der Waals surface area contributed by atoms with E-state index in [-0.39, 0.29) is 0 Å². The smallest absolute Gasteiger partial charge is 0.0650 e. The van der Waals surface area contributed by atoms with Crippen molar-refractivity contribution in [3.63, 3.8) is 0 Å². The molecule has 0 unspecified atom stereocenters. The van der Waals surface area contributed by atoms with E-state index in [1.807, 2.05) is 0 Å². The lowest BCUT2D eigenvalue weighted by Crippen LogP contribution is -2.30. The van der Waals surface area contributed by atoms with Gasteiger partial charge in [-0.15, -0.1) is 0 Å². The summed E-state index contributed by atoms with van der Waals surface area (Å²) >= 11 is 0. The molecule has 138 valence electrons. The van der Waals surface area contributed by atoms with Gasteiger partial charge in [0.1, 0.15) is 0 Å². The molecule has 0 amide bonds. The molecule has 3 aromatic rings. The number of hydrogen-bond acceptors (Lipinski definition) is 2. The predicted molar refractivity (Wildman–Crippen MR) is 117 cm³/mol. The van der Waals surface area contributed by atoms with Crippen LogP contribution in [0.3, 0.4) is 0 Å². The molecule has 2 heterocycles. The SMILES string of the molecule is CCCc1cnc(/C=C/c2cccc3ccccc23)cc1N1CCCCC1. The molecule has 1 saturated heterocycles. The van der Waals surface area contributed by atoms with Gasteiger partial charge in [0.2, 0.25) is 0 Å². The minimum absolute atomic E-state index is 1.04. The summed E-state index contributed by atoms with van der Waals surface area (Å²) in [5, 5.41) is 2.56. The molecule has 1 aromatic heterocycles. The average molecular weight is 357 g/mol. The molecule has 2 aromatic carbocycles. The summed E-state index contributed by atoms with van der Waals surface area (Å²) in [6, 6.07) is 17.3. The van der Waals surface area contributed by atoms with Crippen molar-refractivity contribution in [2.45, 2.75) is 39.0 Å². The Balaban J connectivity index is 1.66. The fraction of sp³-hybridized carbons (Fsp3) is 0.320. The molecule has 0 N–H and O–H groups in total.